The Kier molecular flexibility index (Phi) is 5.20. The van der Waals surface area contributed by atoms with E-state index in [0.29, 0.717) is 0 Å². The number of amidine groups is 1. The highest BCUT2D eigenvalue weighted by Gasteiger charge is 1.91. The van der Waals surface area contributed by atoms with Crippen LogP contribution in [0.3, 0.4) is 0 Å². The lowest BCUT2D eigenvalue weighted by molar-refractivity contribution is -0.233. The highest BCUT2D eigenvalue weighted by molar-refractivity contribution is 7.98. The lowest BCUT2D eigenvalue weighted by Gasteiger charge is -2.23. The summed E-state index contributed by atoms with van der Waals surface area (Å²) in [6.45, 7) is 0.775. The van der Waals surface area contributed by atoms with E-state index in [4.69, 9.17) is 0 Å². The van der Waals surface area contributed by atoms with Gasteiger partial charge in [-0.05, 0) is 6.26 Å². The van der Waals surface area contributed by atoms with Crippen LogP contribution in [0, 0.1) is 0 Å². The summed E-state index contributed by atoms with van der Waals surface area (Å²) < 4.78 is 0. The highest BCUT2D eigenvalue weighted by Crippen LogP contribution is 1.91. The molecule has 0 aromatic carbocycles. The zero-order valence-corrected chi connectivity index (χ0v) is 7.44. The Balaban J connectivity index is 3.51. The summed E-state index contributed by atoms with van der Waals surface area (Å²) in [7, 11) is 3.27. The first kappa shape index (κ1) is 9.62. The molecule has 0 atom stereocenters. The molecule has 0 aliphatic rings. The third-order valence-corrected chi connectivity index (χ3v) is 1.74. The first-order valence-electron chi connectivity index (χ1n) is 3.06. The summed E-state index contributed by atoms with van der Waals surface area (Å²) in [6.07, 6.45) is 2.02. The number of aliphatic imine (C=N–C) groups is 1. The first-order valence-corrected chi connectivity index (χ1v) is 4.45. The van der Waals surface area contributed by atoms with Crippen molar-refractivity contribution in [3.05, 3.63) is 0 Å². The average molecular weight is 161 g/mol. The van der Waals surface area contributed by atoms with Gasteiger partial charge in [0.1, 0.15) is 0 Å². The van der Waals surface area contributed by atoms with Crippen LogP contribution in [0.5, 0.6) is 0 Å². The van der Waals surface area contributed by atoms with Crippen LogP contribution >= 0.6 is 11.8 Å². The van der Waals surface area contributed by atoms with Gasteiger partial charge in [0, 0.05) is 32.4 Å². The summed E-state index contributed by atoms with van der Waals surface area (Å²) in [4.78, 5) is 5.13. The zero-order valence-electron chi connectivity index (χ0n) is 6.63. The van der Waals surface area contributed by atoms with Gasteiger partial charge in [-0.15, -0.1) is 0 Å². The standard InChI is InChI=1S/C6H14N2OS/c1-7-6(9)8(2)4-5-10-3/h4-5H2,1-3H3,(H,7,9)/p-1. The maximum absolute atomic E-state index is 10.8. The number of hydrogen-bond donors (Lipinski definition) is 0. The van der Waals surface area contributed by atoms with E-state index in [1.54, 1.807) is 23.7 Å². The van der Waals surface area contributed by atoms with Crippen molar-refractivity contribution >= 4 is 17.8 Å². The summed E-state index contributed by atoms with van der Waals surface area (Å²) in [5.74, 6) is 0.970. The molecule has 0 heterocycles. The minimum atomic E-state index is -0.144. The van der Waals surface area contributed by atoms with Gasteiger partial charge in [-0.1, -0.05) is 0 Å². The molecular formula is C6H13N2OS-. The molecule has 3 nitrogen and oxygen atoms in total. The van der Waals surface area contributed by atoms with E-state index in [2.05, 4.69) is 4.99 Å². The second-order valence-electron chi connectivity index (χ2n) is 1.92. The molecule has 0 aliphatic heterocycles. The molecule has 0 fully saturated rings. The summed E-state index contributed by atoms with van der Waals surface area (Å²) in [6, 6.07) is -0.144. The molecule has 0 radical (unpaired) electrons. The highest BCUT2D eigenvalue weighted by atomic mass is 32.2. The van der Waals surface area contributed by atoms with E-state index in [0.717, 1.165) is 12.3 Å². The second-order valence-corrected chi connectivity index (χ2v) is 2.91. The molecule has 0 rings (SSSR count). The largest absolute Gasteiger partial charge is 0.846 e. The van der Waals surface area contributed by atoms with Crippen LogP contribution in [-0.4, -0.2) is 43.6 Å². The Morgan fingerprint density at radius 2 is 2.30 bits per heavy atom. The van der Waals surface area contributed by atoms with Gasteiger partial charge < -0.3 is 10.0 Å². The maximum atomic E-state index is 10.8. The van der Waals surface area contributed by atoms with Crippen molar-refractivity contribution in [2.24, 2.45) is 4.99 Å². The van der Waals surface area contributed by atoms with Crippen LogP contribution in [0.4, 0.5) is 0 Å². The van der Waals surface area contributed by atoms with Crippen molar-refractivity contribution in [3.63, 3.8) is 0 Å². The van der Waals surface area contributed by atoms with Crippen molar-refractivity contribution in [3.8, 4) is 0 Å². The molecule has 0 aliphatic carbocycles. The predicted octanol–water partition coefficient (Wildman–Crippen LogP) is -0.373. The molecule has 0 spiro atoms. The lowest BCUT2D eigenvalue weighted by Crippen LogP contribution is -2.38. The molecule has 10 heavy (non-hydrogen) atoms. The van der Waals surface area contributed by atoms with E-state index < -0.39 is 0 Å². The second kappa shape index (κ2) is 5.41. The fraction of sp³-hybridized carbons (Fsp3) is 0.833. The average Bonchev–Trinajstić information content (AvgIpc) is 1.98. The SMILES string of the molecule is CN=C([O-])N(C)CCSC. The molecular weight excluding hydrogens is 148 g/mol. The first-order chi connectivity index (χ1) is 4.72. The van der Waals surface area contributed by atoms with Gasteiger partial charge in [0.25, 0.3) is 0 Å². The molecule has 60 valence electrons. The van der Waals surface area contributed by atoms with E-state index in [9.17, 15) is 5.11 Å². The topological polar surface area (TPSA) is 38.7 Å². The quantitative estimate of drug-likeness (QED) is 0.418. The van der Waals surface area contributed by atoms with Gasteiger partial charge in [0.15, 0.2) is 0 Å². The van der Waals surface area contributed by atoms with Crippen LogP contribution < -0.4 is 5.11 Å². The third kappa shape index (κ3) is 3.61. The van der Waals surface area contributed by atoms with Crippen molar-refractivity contribution in [2.75, 3.05) is 32.6 Å². The van der Waals surface area contributed by atoms with Crippen LogP contribution in [0.15, 0.2) is 4.99 Å². The third-order valence-electron chi connectivity index (χ3n) is 1.15. The minimum absolute atomic E-state index is 0.144. The molecule has 0 aromatic heterocycles. The van der Waals surface area contributed by atoms with Crippen molar-refractivity contribution in [1.82, 2.24) is 4.90 Å². The predicted molar refractivity (Wildman–Crippen MR) is 44.4 cm³/mol. The lowest BCUT2D eigenvalue weighted by atomic mass is 10.6. The van der Waals surface area contributed by atoms with Gasteiger partial charge in [-0.3, -0.25) is 4.99 Å². The molecule has 0 saturated heterocycles. The van der Waals surface area contributed by atoms with Gasteiger partial charge in [-0.2, -0.15) is 11.8 Å². The fourth-order valence-electron chi connectivity index (χ4n) is 0.495. The Morgan fingerprint density at radius 3 is 2.70 bits per heavy atom. The fourth-order valence-corrected chi connectivity index (χ4v) is 0.951. The van der Waals surface area contributed by atoms with Crippen LogP contribution in [0.2, 0.25) is 0 Å². The van der Waals surface area contributed by atoms with E-state index >= 15 is 0 Å². The molecule has 0 bridgehead atoms. The number of hydrogen-bond acceptors (Lipinski definition) is 3. The van der Waals surface area contributed by atoms with Gasteiger partial charge >= 0.3 is 0 Å². The van der Waals surface area contributed by atoms with Gasteiger partial charge in [0.2, 0.25) is 0 Å². The molecule has 0 aromatic rings. The number of nitrogens with zero attached hydrogens (tertiary/aromatic N) is 2. The Labute approximate surface area is 66.1 Å². The van der Waals surface area contributed by atoms with Gasteiger partial charge in [-0.25, -0.2) is 0 Å². The Morgan fingerprint density at radius 1 is 1.70 bits per heavy atom. The summed E-state index contributed by atoms with van der Waals surface area (Å²) in [5.41, 5.74) is 0. The molecule has 0 saturated carbocycles. The summed E-state index contributed by atoms with van der Waals surface area (Å²) in [5, 5.41) is 10.8. The maximum Gasteiger partial charge on any atom is 0.0493 e. The van der Waals surface area contributed by atoms with Gasteiger partial charge in [0.05, 0.1) is 0 Å². The van der Waals surface area contributed by atoms with Crippen LogP contribution in [0.25, 0.3) is 0 Å². The van der Waals surface area contributed by atoms with Crippen molar-refractivity contribution < 1.29 is 5.11 Å². The molecule has 4 heteroatoms. The van der Waals surface area contributed by atoms with Crippen LogP contribution in [-0.2, 0) is 0 Å². The molecule has 0 N–H and O–H groups in total. The van der Waals surface area contributed by atoms with Crippen LogP contribution in [0.1, 0.15) is 0 Å². The summed E-state index contributed by atoms with van der Waals surface area (Å²) >= 11 is 1.72. The van der Waals surface area contributed by atoms with E-state index in [-0.39, 0.29) is 6.02 Å². The van der Waals surface area contributed by atoms with Crippen molar-refractivity contribution in [1.29, 1.82) is 0 Å². The minimum Gasteiger partial charge on any atom is -0.846 e. The molecule has 0 unspecified atom stereocenters. The van der Waals surface area contributed by atoms with E-state index in [1.807, 2.05) is 6.26 Å². The zero-order chi connectivity index (χ0) is 7.98. The Hall–Kier alpha value is -0.380. The van der Waals surface area contributed by atoms with Crippen molar-refractivity contribution in [2.45, 2.75) is 0 Å². The van der Waals surface area contributed by atoms with E-state index in [1.165, 1.54) is 7.05 Å². The molecule has 0 amide bonds. The normalized spacial score (nSPS) is 11.7. The number of thioether (sulfide) groups is 1. The number of rotatable bonds is 3. The Bertz CT molecular complexity index is 116. The smallest absolute Gasteiger partial charge is 0.0493 e. The monoisotopic (exact) mass is 161 g/mol.